The molecule has 1 amide bonds. The highest BCUT2D eigenvalue weighted by Gasteiger charge is 2.30. The SMILES string of the molecule is C#CCOc1cc(N=C2C(=O)N(C)c3ccccc32)ccc1OC. The van der Waals surface area contributed by atoms with Crippen molar-refractivity contribution in [2.24, 2.45) is 4.99 Å². The zero-order chi connectivity index (χ0) is 17.1. The third-order valence-electron chi connectivity index (χ3n) is 3.73. The van der Waals surface area contributed by atoms with Crippen molar-refractivity contribution in [3.63, 3.8) is 0 Å². The number of hydrogen-bond acceptors (Lipinski definition) is 4. The summed E-state index contributed by atoms with van der Waals surface area (Å²) in [6.45, 7) is 0.126. The van der Waals surface area contributed by atoms with Crippen molar-refractivity contribution >= 4 is 23.0 Å². The van der Waals surface area contributed by atoms with E-state index in [4.69, 9.17) is 15.9 Å². The van der Waals surface area contributed by atoms with E-state index in [1.165, 1.54) is 0 Å². The maximum absolute atomic E-state index is 12.5. The number of hydrogen-bond donors (Lipinski definition) is 0. The number of ether oxygens (including phenoxy) is 2. The summed E-state index contributed by atoms with van der Waals surface area (Å²) in [4.78, 5) is 18.6. The Labute approximate surface area is 140 Å². The summed E-state index contributed by atoms with van der Waals surface area (Å²) in [5.74, 6) is 3.32. The summed E-state index contributed by atoms with van der Waals surface area (Å²) >= 11 is 0. The fourth-order valence-corrected chi connectivity index (χ4v) is 2.55. The molecule has 2 aromatic carbocycles. The zero-order valence-electron chi connectivity index (χ0n) is 13.4. The van der Waals surface area contributed by atoms with Crippen molar-refractivity contribution in [3.8, 4) is 23.8 Å². The molecule has 120 valence electrons. The summed E-state index contributed by atoms with van der Waals surface area (Å²) in [5.41, 5.74) is 2.66. The Hall–Kier alpha value is -3.26. The smallest absolute Gasteiger partial charge is 0.277 e. The number of benzene rings is 2. The second-order valence-electron chi connectivity index (χ2n) is 5.17. The summed E-state index contributed by atoms with van der Waals surface area (Å²) in [5, 5.41) is 0. The molecule has 24 heavy (non-hydrogen) atoms. The van der Waals surface area contributed by atoms with Crippen LogP contribution < -0.4 is 14.4 Å². The van der Waals surface area contributed by atoms with Gasteiger partial charge in [-0.05, 0) is 18.2 Å². The van der Waals surface area contributed by atoms with Crippen molar-refractivity contribution in [2.75, 3.05) is 25.7 Å². The summed E-state index contributed by atoms with van der Waals surface area (Å²) < 4.78 is 10.7. The predicted molar refractivity (Wildman–Crippen MR) is 93.4 cm³/mol. The van der Waals surface area contributed by atoms with Gasteiger partial charge in [-0.25, -0.2) is 4.99 Å². The number of fused-ring (bicyclic) bond motifs is 1. The third-order valence-corrected chi connectivity index (χ3v) is 3.73. The highest BCUT2D eigenvalue weighted by Crippen LogP contribution is 2.34. The number of likely N-dealkylation sites (N-methyl/N-ethyl adjacent to an activating group) is 1. The highest BCUT2D eigenvalue weighted by atomic mass is 16.5. The van der Waals surface area contributed by atoms with Crippen LogP contribution in [0.3, 0.4) is 0 Å². The largest absolute Gasteiger partial charge is 0.493 e. The number of methoxy groups -OCH3 is 1. The molecule has 0 unspecified atom stereocenters. The minimum Gasteiger partial charge on any atom is -0.493 e. The Morgan fingerprint density at radius 2 is 2.00 bits per heavy atom. The van der Waals surface area contributed by atoms with Crippen molar-refractivity contribution in [1.29, 1.82) is 0 Å². The van der Waals surface area contributed by atoms with E-state index in [0.29, 0.717) is 22.9 Å². The van der Waals surface area contributed by atoms with Crippen LogP contribution in [-0.4, -0.2) is 32.4 Å². The summed E-state index contributed by atoms with van der Waals surface area (Å²) in [6, 6.07) is 12.8. The van der Waals surface area contributed by atoms with Gasteiger partial charge in [0.05, 0.1) is 18.5 Å². The number of rotatable bonds is 4. The van der Waals surface area contributed by atoms with Crippen LogP contribution in [0.4, 0.5) is 11.4 Å². The Balaban J connectivity index is 2.03. The molecule has 0 N–H and O–H groups in total. The lowest BCUT2D eigenvalue weighted by atomic mass is 10.1. The molecule has 0 saturated carbocycles. The van der Waals surface area contributed by atoms with Crippen LogP contribution in [0.1, 0.15) is 5.56 Å². The van der Waals surface area contributed by atoms with Gasteiger partial charge in [0.25, 0.3) is 5.91 Å². The second kappa shape index (κ2) is 6.47. The molecule has 2 aromatic rings. The van der Waals surface area contributed by atoms with Gasteiger partial charge >= 0.3 is 0 Å². The van der Waals surface area contributed by atoms with Crippen LogP contribution in [0.5, 0.6) is 11.5 Å². The molecule has 5 heteroatoms. The monoisotopic (exact) mass is 320 g/mol. The number of para-hydroxylation sites is 1. The van der Waals surface area contributed by atoms with E-state index in [1.54, 1.807) is 37.3 Å². The molecule has 0 radical (unpaired) electrons. The molecule has 1 aliphatic heterocycles. The number of anilines is 1. The zero-order valence-corrected chi connectivity index (χ0v) is 13.4. The maximum Gasteiger partial charge on any atom is 0.277 e. The first-order valence-corrected chi connectivity index (χ1v) is 7.36. The lowest BCUT2D eigenvalue weighted by Crippen LogP contribution is -2.25. The fourth-order valence-electron chi connectivity index (χ4n) is 2.55. The fraction of sp³-hybridized carbons (Fsp3) is 0.158. The van der Waals surface area contributed by atoms with E-state index >= 15 is 0 Å². The van der Waals surface area contributed by atoms with Gasteiger partial charge in [-0.15, -0.1) is 6.42 Å². The Morgan fingerprint density at radius 1 is 1.21 bits per heavy atom. The van der Waals surface area contributed by atoms with Crippen molar-refractivity contribution in [1.82, 2.24) is 0 Å². The number of terminal acetylenes is 1. The molecule has 0 saturated heterocycles. The van der Waals surface area contributed by atoms with E-state index in [0.717, 1.165) is 11.3 Å². The van der Waals surface area contributed by atoms with Crippen molar-refractivity contribution in [3.05, 3.63) is 48.0 Å². The van der Waals surface area contributed by atoms with E-state index in [9.17, 15) is 4.79 Å². The molecule has 0 aliphatic carbocycles. The van der Waals surface area contributed by atoms with Crippen LogP contribution in [0, 0.1) is 12.3 Å². The number of amides is 1. The molecule has 0 bridgehead atoms. The molecule has 3 rings (SSSR count). The van der Waals surface area contributed by atoms with Crippen molar-refractivity contribution < 1.29 is 14.3 Å². The first-order chi connectivity index (χ1) is 11.7. The normalized spacial score (nSPS) is 14.5. The lowest BCUT2D eigenvalue weighted by Gasteiger charge is -2.09. The number of aliphatic imine (C=N–C) groups is 1. The molecule has 0 aromatic heterocycles. The Morgan fingerprint density at radius 3 is 2.75 bits per heavy atom. The standard InChI is InChI=1S/C19H16N2O3/c1-4-11-24-17-12-13(9-10-16(17)23-3)20-18-14-7-5-6-8-15(14)21(2)19(18)22/h1,5-10,12H,11H2,2-3H3. The van der Waals surface area contributed by atoms with Gasteiger partial charge in [0.1, 0.15) is 12.3 Å². The second-order valence-corrected chi connectivity index (χ2v) is 5.17. The van der Waals surface area contributed by atoms with Crippen LogP contribution >= 0.6 is 0 Å². The van der Waals surface area contributed by atoms with Gasteiger partial charge in [-0.1, -0.05) is 24.1 Å². The average Bonchev–Trinajstić information content (AvgIpc) is 2.85. The first-order valence-electron chi connectivity index (χ1n) is 7.36. The topological polar surface area (TPSA) is 51.1 Å². The van der Waals surface area contributed by atoms with Gasteiger partial charge in [-0.3, -0.25) is 4.79 Å². The molecule has 0 spiro atoms. The first kappa shape index (κ1) is 15.6. The molecular weight excluding hydrogens is 304 g/mol. The average molecular weight is 320 g/mol. The van der Waals surface area contributed by atoms with Crippen LogP contribution in [0.15, 0.2) is 47.5 Å². The van der Waals surface area contributed by atoms with Crippen LogP contribution in [0.2, 0.25) is 0 Å². The lowest BCUT2D eigenvalue weighted by molar-refractivity contribution is -0.111. The molecule has 0 fully saturated rings. The predicted octanol–water partition coefficient (Wildman–Crippen LogP) is 2.80. The van der Waals surface area contributed by atoms with Crippen LogP contribution in [0.25, 0.3) is 0 Å². The Kier molecular flexibility index (Phi) is 4.21. The number of carbonyl (C=O) groups is 1. The van der Waals surface area contributed by atoms with Crippen LogP contribution in [-0.2, 0) is 4.79 Å². The van der Waals surface area contributed by atoms with Crippen molar-refractivity contribution in [2.45, 2.75) is 0 Å². The van der Waals surface area contributed by atoms with E-state index < -0.39 is 0 Å². The summed E-state index contributed by atoms with van der Waals surface area (Å²) in [6.07, 6.45) is 5.23. The number of carbonyl (C=O) groups excluding carboxylic acids is 1. The Bertz CT molecular complexity index is 865. The minimum absolute atomic E-state index is 0.126. The highest BCUT2D eigenvalue weighted by molar-refractivity contribution is 6.54. The third kappa shape index (κ3) is 2.70. The minimum atomic E-state index is -0.141. The molecule has 0 atom stereocenters. The molecule has 5 nitrogen and oxygen atoms in total. The molecule has 1 aliphatic rings. The number of nitrogens with zero attached hydrogens (tertiary/aromatic N) is 2. The van der Waals surface area contributed by atoms with E-state index in [1.807, 2.05) is 24.3 Å². The van der Waals surface area contributed by atoms with E-state index in [-0.39, 0.29) is 12.5 Å². The maximum atomic E-state index is 12.5. The quantitative estimate of drug-likeness (QED) is 0.814. The molecular formula is C19H16N2O3. The van der Waals surface area contributed by atoms with Gasteiger partial charge in [-0.2, -0.15) is 0 Å². The van der Waals surface area contributed by atoms with Gasteiger partial charge in [0.2, 0.25) is 0 Å². The van der Waals surface area contributed by atoms with Gasteiger partial charge in [0, 0.05) is 18.7 Å². The van der Waals surface area contributed by atoms with E-state index in [2.05, 4.69) is 10.9 Å². The van der Waals surface area contributed by atoms with Gasteiger partial charge in [0.15, 0.2) is 11.5 Å². The summed E-state index contributed by atoms with van der Waals surface area (Å²) in [7, 11) is 3.29. The molecule has 1 heterocycles. The van der Waals surface area contributed by atoms with Gasteiger partial charge < -0.3 is 14.4 Å².